The van der Waals surface area contributed by atoms with E-state index < -0.39 is 11.9 Å². The lowest BCUT2D eigenvalue weighted by Gasteiger charge is -2.27. The summed E-state index contributed by atoms with van der Waals surface area (Å²) in [6, 6.07) is 11.8. The topological polar surface area (TPSA) is 58.6 Å². The zero-order valence-electron chi connectivity index (χ0n) is 16.4. The number of anilines is 1. The maximum Gasteiger partial charge on any atom is 0.341 e. The van der Waals surface area contributed by atoms with Crippen molar-refractivity contribution in [1.82, 2.24) is 4.90 Å². The molecular formula is C21H19Cl3N2O3S2. The molecule has 1 aliphatic heterocycles. The van der Waals surface area contributed by atoms with Crippen molar-refractivity contribution in [3.05, 3.63) is 72.2 Å². The number of halogens is 3. The molecule has 0 fully saturated rings. The summed E-state index contributed by atoms with van der Waals surface area (Å²) in [6.07, 6.45) is 0.712. The van der Waals surface area contributed by atoms with E-state index in [1.54, 1.807) is 0 Å². The van der Waals surface area contributed by atoms with Crippen LogP contribution in [0.25, 0.3) is 0 Å². The van der Waals surface area contributed by atoms with Crippen molar-refractivity contribution in [3.63, 3.8) is 0 Å². The Labute approximate surface area is 204 Å². The molecule has 5 nitrogen and oxygen atoms in total. The first-order valence-corrected chi connectivity index (χ1v) is 11.6. The molecule has 4 rings (SSSR count). The van der Waals surface area contributed by atoms with Crippen molar-refractivity contribution in [1.29, 1.82) is 0 Å². The van der Waals surface area contributed by atoms with Crippen molar-refractivity contribution >= 4 is 75.2 Å². The van der Waals surface area contributed by atoms with E-state index >= 15 is 0 Å². The Balaban J connectivity index is 0.00000272. The van der Waals surface area contributed by atoms with Gasteiger partial charge in [0, 0.05) is 24.5 Å². The summed E-state index contributed by atoms with van der Waals surface area (Å²) in [6.45, 7) is 2.36. The summed E-state index contributed by atoms with van der Waals surface area (Å²) in [4.78, 5) is 28.6. The number of esters is 1. The fourth-order valence-corrected chi connectivity index (χ4v) is 6.24. The number of benzene rings is 1. The van der Waals surface area contributed by atoms with Gasteiger partial charge in [-0.1, -0.05) is 53.5 Å². The van der Waals surface area contributed by atoms with E-state index in [-0.39, 0.29) is 12.4 Å². The Kier molecular flexibility index (Phi) is 8.02. The van der Waals surface area contributed by atoms with Gasteiger partial charge in [-0.3, -0.25) is 9.69 Å². The van der Waals surface area contributed by atoms with Crippen LogP contribution in [0.15, 0.2) is 36.4 Å². The molecule has 0 saturated carbocycles. The number of methoxy groups -OCH3 is 1. The zero-order chi connectivity index (χ0) is 21.3. The number of nitrogens with one attached hydrogen (secondary N) is 1. The molecule has 0 aliphatic carbocycles. The fraction of sp³-hybridized carbons (Fsp3) is 0.238. The minimum absolute atomic E-state index is 0. The van der Waals surface area contributed by atoms with E-state index in [4.69, 9.17) is 27.9 Å². The van der Waals surface area contributed by atoms with Gasteiger partial charge >= 0.3 is 5.97 Å². The van der Waals surface area contributed by atoms with Crippen LogP contribution in [-0.2, 0) is 24.2 Å². The molecule has 3 aromatic rings. The Morgan fingerprint density at radius 3 is 2.58 bits per heavy atom. The molecular weight excluding hydrogens is 499 g/mol. The largest absolute Gasteiger partial charge is 0.465 e. The lowest BCUT2D eigenvalue weighted by atomic mass is 10.0. The average molecular weight is 518 g/mol. The Bertz CT molecular complexity index is 1100. The van der Waals surface area contributed by atoms with E-state index in [1.165, 1.54) is 30.1 Å². The highest BCUT2D eigenvalue weighted by atomic mass is 35.5. The van der Waals surface area contributed by atoms with Crippen molar-refractivity contribution in [2.24, 2.45) is 0 Å². The third kappa shape index (κ3) is 5.25. The van der Waals surface area contributed by atoms with E-state index in [1.807, 2.05) is 18.2 Å². The molecule has 164 valence electrons. The van der Waals surface area contributed by atoms with Crippen molar-refractivity contribution in [2.75, 3.05) is 19.0 Å². The first kappa shape index (κ1) is 24.0. The highest BCUT2D eigenvalue weighted by Crippen LogP contribution is 2.39. The highest BCUT2D eigenvalue weighted by Gasteiger charge is 2.30. The smallest absolute Gasteiger partial charge is 0.341 e. The van der Waals surface area contributed by atoms with Crippen LogP contribution >= 0.6 is 58.3 Å². The second-order valence-electron chi connectivity index (χ2n) is 6.84. The third-order valence-corrected chi connectivity index (χ3v) is 7.52. The van der Waals surface area contributed by atoms with Gasteiger partial charge in [0.25, 0.3) is 5.91 Å². The summed E-state index contributed by atoms with van der Waals surface area (Å²) >= 11 is 14.6. The first-order valence-electron chi connectivity index (χ1n) is 9.21. The normalized spacial score (nSPS) is 13.3. The van der Waals surface area contributed by atoms with Gasteiger partial charge in [-0.15, -0.1) is 35.1 Å². The number of hydrogen-bond donors (Lipinski definition) is 1. The number of carbonyl (C=O) groups excluding carboxylic acids is 2. The number of thiophene rings is 2. The maximum absolute atomic E-state index is 12.7. The van der Waals surface area contributed by atoms with Crippen LogP contribution in [0, 0.1) is 0 Å². The van der Waals surface area contributed by atoms with E-state index in [0.717, 1.165) is 34.9 Å². The molecule has 3 heterocycles. The van der Waals surface area contributed by atoms with Gasteiger partial charge in [0.15, 0.2) is 0 Å². The molecule has 0 unspecified atom stereocenters. The molecule has 0 radical (unpaired) electrons. The maximum atomic E-state index is 12.7. The standard InChI is InChI=1S/C21H18Cl2N2O3S2.ClH/c1-28-21(27)17-13-7-8-25(10-12-5-3-2-4-6-12)11-15(13)29-20(17)24-19(26)14-9-16(22)30-18(14)23;/h2-6,9H,7-8,10-11H2,1H3,(H,24,26);1H. The summed E-state index contributed by atoms with van der Waals surface area (Å²) in [5.74, 6) is -0.846. The minimum atomic E-state index is -0.450. The number of hydrogen-bond acceptors (Lipinski definition) is 6. The van der Waals surface area contributed by atoms with Crippen molar-refractivity contribution in [2.45, 2.75) is 19.5 Å². The molecule has 10 heteroatoms. The number of ether oxygens (including phenoxy) is 1. The van der Waals surface area contributed by atoms with Crippen LogP contribution < -0.4 is 5.32 Å². The molecule has 1 amide bonds. The third-order valence-electron chi connectivity index (χ3n) is 4.90. The quantitative estimate of drug-likeness (QED) is 0.413. The molecule has 1 aliphatic rings. The van der Waals surface area contributed by atoms with Crippen LogP contribution in [0.2, 0.25) is 8.67 Å². The van der Waals surface area contributed by atoms with Crippen molar-refractivity contribution in [3.8, 4) is 0 Å². The first-order chi connectivity index (χ1) is 14.5. The molecule has 1 aromatic carbocycles. The second-order valence-corrected chi connectivity index (χ2v) is 10.2. The van der Waals surface area contributed by atoms with Crippen LogP contribution in [0.4, 0.5) is 5.00 Å². The van der Waals surface area contributed by atoms with E-state index in [9.17, 15) is 9.59 Å². The van der Waals surface area contributed by atoms with Crippen LogP contribution in [0.3, 0.4) is 0 Å². The molecule has 0 atom stereocenters. The Hall–Kier alpha value is -1.61. The van der Waals surface area contributed by atoms with Gasteiger partial charge in [0.2, 0.25) is 0 Å². The lowest BCUT2D eigenvalue weighted by molar-refractivity contribution is 0.0600. The van der Waals surface area contributed by atoms with Gasteiger partial charge in [0.05, 0.1) is 22.6 Å². The van der Waals surface area contributed by atoms with Crippen LogP contribution in [-0.4, -0.2) is 30.4 Å². The molecule has 0 spiro atoms. The number of nitrogens with zero attached hydrogens (tertiary/aromatic N) is 1. The Morgan fingerprint density at radius 1 is 1.19 bits per heavy atom. The summed E-state index contributed by atoms with van der Waals surface area (Å²) in [5.41, 5.74) is 2.91. The van der Waals surface area contributed by atoms with Crippen LogP contribution in [0.1, 0.15) is 36.7 Å². The zero-order valence-corrected chi connectivity index (χ0v) is 20.4. The monoisotopic (exact) mass is 516 g/mol. The van der Waals surface area contributed by atoms with Crippen LogP contribution in [0.5, 0.6) is 0 Å². The van der Waals surface area contributed by atoms with Gasteiger partial charge < -0.3 is 10.1 Å². The average Bonchev–Trinajstić information content (AvgIpc) is 3.26. The predicted molar refractivity (Wildman–Crippen MR) is 129 cm³/mol. The van der Waals surface area contributed by atoms with Crippen molar-refractivity contribution < 1.29 is 14.3 Å². The molecule has 2 aromatic heterocycles. The van der Waals surface area contributed by atoms with Gasteiger partial charge in [-0.05, 0) is 23.6 Å². The summed E-state index contributed by atoms with van der Waals surface area (Å²) < 4.78 is 5.74. The predicted octanol–water partition coefficient (Wildman–Crippen LogP) is 6.14. The summed E-state index contributed by atoms with van der Waals surface area (Å²) in [7, 11) is 1.35. The number of rotatable bonds is 5. The Morgan fingerprint density at radius 2 is 1.94 bits per heavy atom. The fourth-order valence-electron chi connectivity index (χ4n) is 3.50. The van der Waals surface area contributed by atoms with Gasteiger partial charge in [-0.2, -0.15) is 0 Å². The molecule has 0 bridgehead atoms. The number of carbonyl (C=O) groups is 2. The molecule has 1 N–H and O–H groups in total. The van der Waals surface area contributed by atoms with Gasteiger partial charge in [0.1, 0.15) is 9.34 Å². The molecule has 31 heavy (non-hydrogen) atoms. The van der Waals surface area contributed by atoms with E-state index in [0.29, 0.717) is 37.8 Å². The SMILES string of the molecule is COC(=O)c1c(NC(=O)c2cc(Cl)sc2Cl)sc2c1CCN(Cc1ccccc1)C2.Cl. The number of amides is 1. The highest BCUT2D eigenvalue weighted by molar-refractivity contribution is 7.20. The summed E-state index contributed by atoms with van der Waals surface area (Å²) in [5, 5.41) is 3.32. The number of fused-ring (bicyclic) bond motifs is 1. The lowest BCUT2D eigenvalue weighted by Crippen LogP contribution is -2.29. The molecule has 0 saturated heterocycles. The van der Waals surface area contributed by atoms with Gasteiger partial charge in [-0.25, -0.2) is 4.79 Å². The van der Waals surface area contributed by atoms with E-state index in [2.05, 4.69) is 22.3 Å². The minimum Gasteiger partial charge on any atom is -0.465 e. The second kappa shape index (κ2) is 10.3.